The smallest absolute Gasteiger partial charge is 0.120 e. The zero-order chi connectivity index (χ0) is 18.4. The van der Waals surface area contributed by atoms with Gasteiger partial charge >= 0.3 is 0 Å². The third-order valence-corrected chi connectivity index (χ3v) is 4.13. The molecule has 0 atom stereocenters. The summed E-state index contributed by atoms with van der Waals surface area (Å²) in [4.78, 5) is 0. The van der Waals surface area contributed by atoms with Crippen molar-refractivity contribution in [2.75, 3.05) is 6.61 Å². The van der Waals surface area contributed by atoms with Crippen molar-refractivity contribution in [1.29, 1.82) is 0 Å². The minimum atomic E-state index is -0.954. The lowest BCUT2D eigenvalue weighted by atomic mass is 10.1. The molecular weight excluding hydrogens is 308 g/mol. The van der Waals surface area contributed by atoms with Crippen LogP contribution in [-0.2, 0) is 0 Å². The molecule has 2 heteroatoms. The van der Waals surface area contributed by atoms with Gasteiger partial charge in [-0.15, -0.1) is 0 Å². The number of hydrogen-bond donors (Lipinski definition) is 1. The Morgan fingerprint density at radius 1 is 0.840 bits per heavy atom. The lowest BCUT2D eigenvalue weighted by Crippen LogP contribution is -2.14. The van der Waals surface area contributed by atoms with E-state index >= 15 is 0 Å². The average Bonchev–Trinajstić information content (AvgIpc) is 2.58. The summed E-state index contributed by atoms with van der Waals surface area (Å²) in [5, 5.41) is 9.60. The van der Waals surface area contributed by atoms with Crippen LogP contribution in [0.5, 0.6) is 5.75 Å². The van der Waals surface area contributed by atoms with Crippen LogP contribution in [0.15, 0.2) is 24.3 Å². The Morgan fingerprint density at radius 2 is 1.36 bits per heavy atom. The molecule has 1 aromatic carbocycles. The molecule has 140 valence electrons. The quantitative estimate of drug-likeness (QED) is 0.366. The Kier molecular flexibility index (Phi) is 11.1. The molecule has 0 aliphatic heterocycles. The average molecular weight is 345 g/mol. The number of hydrogen-bond acceptors (Lipinski definition) is 2. The maximum absolute atomic E-state index is 9.60. The lowest BCUT2D eigenvalue weighted by Gasteiger charge is -2.07. The fourth-order valence-electron chi connectivity index (χ4n) is 2.64. The standard InChI is InChI=1S/C23H36O2/c1-4-5-6-7-8-9-10-11-12-13-20-25-22-16-14-21(15-17-22)18-19-23(2,3)24/h14-17,24H,4-13,20H2,1-3H3. The fraction of sp³-hybridized carbons (Fsp3) is 0.652. The van der Waals surface area contributed by atoms with Crippen LogP contribution in [0.3, 0.4) is 0 Å². The second-order valence-corrected chi connectivity index (χ2v) is 7.36. The Bertz CT molecular complexity index is 500. The Balaban J connectivity index is 2.06. The van der Waals surface area contributed by atoms with Crippen LogP contribution < -0.4 is 4.74 Å². The van der Waals surface area contributed by atoms with Gasteiger partial charge in [0, 0.05) is 5.56 Å². The Morgan fingerprint density at radius 3 is 1.88 bits per heavy atom. The van der Waals surface area contributed by atoms with Crippen molar-refractivity contribution in [3.05, 3.63) is 29.8 Å². The highest BCUT2D eigenvalue weighted by Gasteiger charge is 2.05. The predicted octanol–water partition coefficient (Wildman–Crippen LogP) is 6.11. The highest BCUT2D eigenvalue weighted by Crippen LogP contribution is 2.14. The molecule has 2 nitrogen and oxygen atoms in total. The van der Waals surface area contributed by atoms with E-state index in [1.807, 2.05) is 24.3 Å². The van der Waals surface area contributed by atoms with Crippen LogP contribution in [0.25, 0.3) is 0 Å². The molecule has 25 heavy (non-hydrogen) atoms. The summed E-state index contributed by atoms with van der Waals surface area (Å²) in [6.07, 6.45) is 13.4. The summed E-state index contributed by atoms with van der Waals surface area (Å²) in [5.41, 5.74) is -0.0570. The monoisotopic (exact) mass is 344 g/mol. The van der Waals surface area contributed by atoms with Crippen molar-refractivity contribution >= 4 is 0 Å². The van der Waals surface area contributed by atoms with E-state index in [0.29, 0.717) is 0 Å². The first kappa shape index (κ1) is 21.6. The van der Waals surface area contributed by atoms with E-state index < -0.39 is 5.60 Å². The minimum Gasteiger partial charge on any atom is -0.494 e. The van der Waals surface area contributed by atoms with E-state index in [1.54, 1.807) is 13.8 Å². The van der Waals surface area contributed by atoms with Gasteiger partial charge in [-0.25, -0.2) is 0 Å². The first-order chi connectivity index (χ1) is 12.0. The fourth-order valence-corrected chi connectivity index (χ4v) is 2.64. The summed E-state index contributed by atoms with van der Waals surface area (Å²) < 4.78 is 5.78. The van der Waals surface area contributed by atoms with Crippen molar-refractivity contribution in [3.8, 4) is 17.6 Å². The second kappa shape index (κ2) is 12.8. The van der Waals surface area contributed by atoms with Crippen LogP contribution in [0.2, 0.25) is 0 Å². The first-order valence-corrected chi connectivity index (χ1v) is 9.99. The maximum Gasteiger partial charge on any atom is 0.120 e. The highest BCUT2D eigenvalue weighted by atomic mass is 16.5. The molecule has 0 unspecified atom stereocenters. The molecule has 0 radical (unpaired) electrons. The Labute approximate surface area is 155 Å². The van der Waals surface area contributed by atoms with E-state index in [4.69, 9.17) is 4.74 Å². The highest BCUT2D eigenvalue weighted by molar-refractivity contribution is 5.39. The molecule has 0 saturated heterocycles. The van der Waals surface area contributed by atoms with Crippen LogP contribution in [0.4, 0.5) is 0 Å². The van der Waals surface area contributed by atoms with Gasteiger partial charge in [-0.05, 0) is 44.5 Å². The largest absolute Gasteiger partial charge is 0.494 e. The number of benzene rings is 1. The summed E-state index contributed by atoms with van der Waals surface area (Å²) in [6, 6.07) is 7.77. The van der Waals surface area contributed by atoms with Gasteiger partial charge in [-0.1, -0.05) is 76.6 Å². The van der Waals surface area contributed by atoms with Crippen LogP contribution in [0.1, 0.15) is 90.5 Å². The van der Waals surface area contributed by atoms with Gasteiger partial charge in [0.2, 0.25) is 0 Å². The molecule has 0 amide bonds. The van der Waals surface area contributed by atoms with E-state index in [-0.39, 0.29) is 0 Å². The third-order valence-electron chi connectivity index (χ3n) is 4.13. The van der Waals surface area contributed by atoms with Gasteiger partial charge in [-0.3, -0.25) is 0 Å². The number of unbranched alkanes of at least 4 members (excludes halogenated alkanes) is 9. The molecule has 1 N–H and O–H groups in total. The molecule has 0 aliphatic rings. The normalized spacial score (nSPS) is 11.0. The van der Waals surface area contributed by atoms with Crippen molar-refractivity contribution in [1.82, 2.24) is 0 Å². The summed E-state index contributed by atoms with van der Waals surface area (Å²) in [6.45, 7) is 6.42. The van der Waals surface area contributed by atoms with Gasteiger partial charge in [-0.2, -0.15) is 0 Å². The van der Waals surface area contributed by atoms with Crippen molar-refractivity contribution in [2.45, 2.75) is 90.6 Å². The third kappa shape index (κ3) is 12.5. The van der Waals surface area contributed by atoms with Crippen LogP contribution in [-0.4, -0.2) is 17.3 Å². The van der Waals surface area contributed by atoms with Crippen LogP contribution >= 0.6 is 0 Å². The zero-order valence-electron chi connectivity index (χ0n) is 16.4. The van der Waals surface area contributed by atoms with E-state index in [1.165, 1.54) is 57.8 Å². The zero-order valence-corrected chi connectivity index (χ0v) is 16.4. The summed E-state index contributed by atoms with van der Waals surface area (Å²) in [5.74, 6) is 6.67. The van der Waals surface area contributed by atoms with Gasteiger partial charge in [0.05, 0.1) is 6.61 Å². The summed E-state index contributed by atoms with van der Waals surface area (Å²) >= 11 is 0. The molecule has 0 heterocycles. The molecule has 0 fully saturated rings. The molecule has 1 aromatic rings. The minimum absolute atomic E-state index is 0.783. The topological polar surface area (TPSA) is 29.5 Å². The van der Waals surface area contributed by atoms with Gasteiger partial charge < -0.3 is 9.84 Å². The molecular formula is C23H36O2. The van der Waals surface area contributed by atoms with E-state index in [9.17, 15) is 5.11 Å². The molecule has 0 aliphatic carbocycles. The molecule has 0 aromatic heterocycles. The lowest BCUT2D eigenvalue weighted by molar-refractivity contribution is 0.143. The van der Waals surface area contributed by atoms with Gasteiger partial charge in [0.15, 0.2) is 0 Å². The maximum atomic E-state index is 9.60. The van der Waals surface area contributed by atoms with Crippen molar-refractivity contribution < 1.29 is 9.84 Å². The van der Waals surface area contributed by atoms with Crippen molar-refractivity contribution in [3.63, 3.8) is 0 Å². The molecule has 0 bridgehead atoms. The second-order valence-electron chi connectivity index (χ2n) is 7.36. The van der Waals surface area contributed by atoms with E-state index in [0.717, 1.165) is 24.3 Å². The van der Waals surface area contributed by atoms with Gasteiger partial charge in [0.25, 0.3) is 0 Å². The molecule has 0 saturated carbocycles. The summed E-state index contributed by atoms with van der Waals surface area (Å²) in [7, 11) is 0. The number of aliphatic hydroxyl groups is 1. The number of ether oxygens (including phenoxy) is 1. The molecule has 1 rings (SSSR count). The first-order valence-electron chi connectivity index (χ1n) is 9.99. The number of rotatable bonds is 12. The van der Waals surface area contributed by atoms with E-state index in [2.05, 4.69) is 18.8 Å². The van der Waals surface area contributed by atoms with Gasteiger partial charge in [0.1, 0.15) is 11.4 Å². The van der Waals surface area contributed by atoms with Crippen LogP contribution in [0, 0.1) is 11.8 Å². The molecule has 0 spiro atoms. The predicted molar refractivity (Wildman–Crippen MR) is 107 cm³/mol. The van der Waals surface area contributed by atoms with Crippen molar-refractivity contribution in [2.24, 2.45) is 0 Å². The SMILES string of the molecule is CCCCCCCCCCCCOc1ccc(C#CC(C)(C)O)cc1. The Hall–Kier alpha value is -1.46.